The third-order valence-corrected chi connectivity index (χ3v) is 6.27. The van der Waals surface area contributed by atoms with Crippen LogP contribution in [0.25, 0.3) is 11.0 Å². The van der Waals surface area contributed by atoms with Crippen molar-refractivity contribution in [1.82, 2.24) is 9.97 Å². The summed E-state index contributed by atoms with van der Waals surface area (Å²) >= 11 is 0. The Hall–Kier alpha value is -5.51. The highest BCUT2D eigenvalue weighted by atomic mass is 16.7. The molecule has 0 bridgehead atoms. The number of ether oxygens (including phenoxy) is 3. The second-order valence-corrected chi connectivity index (χ2v) is 8.74. The van der Waals surface area contributed by atoms with Gasteiger partial charge < -0.3 is 30.4 Å². The topological polar surface area (TPSA) is 122 Å². The molecule has 0 fully saturated rings. The van der Waals surface area contributed by atoms with E-state index in [1.165, 1.54) is 0 Å². The van der Waals surface area contributed by atoms with Crippen LogP contribution in [0.15, 0.2) is 120 Å². The van der Waals surface area contributed by atoms with Gasteiger partial charge in [0.05, 0.1) is 34.8 Å². The predicted molar refractivity (Wildman–Crippen MR) is 149 cm³/mol. The first kappa shape index (κ1) is 23.9. The summed E-state index contributed by atoms with van der Waals surface area (Å²) in [6.07, 6.45) is 1.66. The highest BCUT2D eigenvalue weighted by Crippen LogP contribution is 2.39. The van der Waals surface area contributed by atoms with E-state index in [0.717, 1.165) is 28.0 Å². The largest absolute Gasteiger partial charge is 0.457 e. The number of H-pyrrole nitrogens is 1. The highest BCUT2D eigenvalue weighted by molar-refractivity contribution is 5.79. The summed E-state index contributed by atoms with van der Waals surface area (Å²) in [6.45, 7) is 4.57. The van der Waals surface area contributed by atoms with E-state index in [2.05, 4.69) is 32.3 Å². The van der Waals surface area contributed by atoms with Crippen LogP contribution in [-0.4, -0.2) is 16.8 Å². The molecule has 4 aromatic carbocycles. The first-order chi connectivity index (χ1) is 19.2. The van der Waals surface area contributed by atoms with Gasteiger partial charge in [-0.15, -0.1) is 0 Å². The van der Waals surface area contributed by atoms with Crippen LogP contribution in [0, 0.1) is 0 Å². The van der Waals surface area contributed by atoms with Gasteiger partial charge >= 0.3 is 0 Å². The summed E-state index contributed by atoms with van der Waals surface area (Å²) in [7, 11) is 0. The van der Waals surface area contributed by atoms with Crippen molar-refractivity contribution in [2.24, 2.45) is 16.3 Å². The summed E-state index contributed by atoms with van der Waals surface area (Å²) in [6, 6.07) is 28.2. The van der Waals surface area contributed by atoms with E-state index in [-0.39, 0.29) is 6.79 Å². The van der Waals surface area contributed by atoms with E-state index >= 15 is 0 Å². The summed E-state index contributed by atoms with van der Waals surface area (Å²) in [5, 5.41) is 12.9. The van der Waals surface area contributed by atoms with Crippen molar-refractivity contribution >= 4 is 22.4 Å². The van der Waals surface area contributed by atoms with Gasteiger partial charge in [-0.25, -0.2) is 9.99 Å². The van der Waals surface area contributed by atoms with E-state index in [1.54, 1.807) is 11.3 Å². The van der Waals surface area contributed by atoms with Crippen molar-refractivity contribution in [1.29, 1.82) is 0 Å². The minimum atomic E-state index is -0.443. The highest BCUT2D eigenvalue weighted by Gasteiger charge is 2.25. The van der Waals surface area contributed by atoms with Gasteiger partial charge in [0.2, 0.25) is 6.79 Å². The molecule has 0 spiro atoms. The normalized spacial score (nSPS) is 12.9. The number of hydrogen-bond acceptors (Lipinski definition) is 7. The number of rotatable bonds is 9. The molecule has 0 saturated carbocycles. The molecule has 2 heterocycles. The van der Waals surface area contributed by atoms with Gasteiger partial charge in [0.15, 0.2) is 11.5 Å². The number of imidazole rings is 1. The lowest BCUT2D eigenvalue weighted by Crippen LogP contribution is -2.25. The molecule has 0 amide bonds. The summed E-state index contributed by atoms with van der Waals surface area (Å²) < 4.78 is 17.1. The first-order valence-corrected chi connectivity index (χ1v) is 12.2. The van der Waals surface area contributed by atoms with Crippen LogP contribution in [-0.2, 0) is 0 Å². The Morgan fingerprint density at radius 3 is 2.59 bits per heavy atom. The Bertz CT molecular complexity index is 1630. The molecule has 0 saturated heterocycles. The lowest BCUT2D eigenvalue weighted by Gasteiger charge is -2.29. The molecule has 6 rings (SSSR count). The van der Waals surface area contributed by atoms with Crippen LogP contribution in [0.3, 0.4) is 0 Å². The molecular weight excluding hydrogens is 494 g/mol. The van der Waals surface area contributed by atoms with Crippen molar-refractivity contribution in [3.63, 3.8) is 0 Å². The van der Waals surface area contributed by atoms with Crippen molar-refractivity contribution in [2.75, 3.05) is 17.1 Å². The predicted octanol–water partition coefficient (Wildman–Crippen LogP) is 6.50. The van der Waals surface area contributed by atoms with Crippen molar-refractivity contribution < 1.29 is 14.2 Å². The molecule has 194 valence electrons. The number of benzene rings is 4. The van der Waals surface area contributed by atoms with E-state index in [0.29, 0.717) is 28.6 Å². The van der Waals surface area contributed by atoms with Gasteiger partial charge in [0.1, 0.15) is 11.5 Å². The van der Waals surface area contributed by atoms with Gasteiger partial charge in [-0.1, -0.05) is 36.1 Å². The van der Waals surface area contributed by atoms with Gasteiger partial charge in [0.25, 0.3) is 0 Å². The first-order valence-electron chi connectivity index (χ1n) is 12.2. The molecule has 10 nitrogen and oxygen atoms in total. The van der Waals surface area contributed by atoms with Gasteiger partial charge in [-0.3, -0.25) is 0 Å². The zero-order valence-corrected chi connectivity index (χ0v) is 20.8. The van der Waals surface area contributed by atoms with Crippen LogP contribution >= 0.6 is 0 Å². The lowest BCUT2D eigenvalue weighted by atomic mass is 10.0. The number of fused-ring (bicyclic) bond motifs is 2. The maximum Gasteiger partial charge on any atom is 0.231 e. The SMILES string of the molecule is C=C(C(Nc1ccc2[nH]cnc2c1)c1ccc2c(c1)OCO2)N(/N=N\N)c1ccc(Oc2ccccc2)cc1. The van der Waals surface area contributed by atoms with Gasteiger partial charge in [-0.2, -0.15) is 0 Å². The smallest absolute Gasteiger partial charge is 0.231 e. The fraction of sp³-hybridized carbons (Fsp3) is 0.0690. The Morgan fingerprint density at radius 1 is 0.974 bits per heavy atom. The average molecular weight is 520 g/mol. The van der Waals surface area contributed by atoms with Crippen LogP contribution < -0.4 is 30.4 Å². The molecule has 1 aliphatic rings. The number of nitrogens with one attached hydrogen (secondary N) is 2. The molecule has 0 aliphatic carbocycles. The van der Waals surface area contributed by atoms with Crippen LogP contribution in [0.4, 0.5) is 11.4 Å². The molecule has 39 heavy (non-hydrogen) atoms. The fourth-order valence-electron chi connectivity index (χ4n) is 4.37. The van der Waals surface area contributed by atoms with Gasteiger partial charge in [-0.05, 0) is 77.5 Å². The fourth-order valence-corrected chi connectivity index (χ4v) is 4.37. The third-order valence-electron chi connectivity index (χ3n) is 6.27. The molecule has 10 heteroatoms. The number of nitrogens with zero attached hydrogens (tertiary/aromatic N) is 4. The number of hydrogen-bond donors (Lipinski definition) is 3. The molecule has 1 aliphatic heterocycles. The summed E-state index contributed by atoms with van der Waals surface area (Å²) in [5.74, 6) is 8.30. The lowest BCUT2D eigenvalue weighted by molar-refractivity contribution is 0.174. The minimum absolute atomic E-state index is 0.179. The van der Waals surface area contributed by atoms with Crippen LogP contribution in [0.1, 0.15) is 11.6 Å². The Labute approximate surface area is 224 Å². The zero-order valence-electron chi connectivity index (χ0n) is 20.8. The second kappa shape index (κ2) is 10.5. The Kier molecular flexibility index (Phi) is 6.40. The quantitative estimate of drug-likeness (QED) is 0.115. The molecule has 4 N–H and O–H groups in total. The van der Waals surface area contributed by atoms with Gasteiger partial charge in [0, 0.05) is 5.69 Å². The molecule has 5 aromatic rings. The minimum Gasteiger partial charge on any atom is -0.457 e. The number of anilines is 2. The van der Waals surface area contributed by atoms with E-state index in [1.807, 2.05) is 91.0 Å². The molecule has 1 aromatic heterocycles. The third kappa shape index (κ3) is 5.03. The summed E-state index contributed by atoms with van der Waals surface area (Å²) in [5.41, 5.74) is 4.77. The van der Waals surface area contributed by atoms with E-state index in [9.17, 15) is 0 Å². The number of aromatic amines is 1. The number of nitrogens with two attached hydrogens (primary N) is 1. The molecule has 0 radical (unpaired) electrons. The maximum atomic E-state index is 5.93. The summed E-state index contributed by atoms with van der Waals surface area (Å²) in [4.78, 5) is 7.49. The van der Waals surface area contributed by atoms with E-state index in [4.69, 9.17) is 20.1 Å². The van der Waals surface area contributed by atoms with Crippen LogP contribution in [0.5, 0.6) is 23.0 Å². The van der Waals surface area contributed by atoms with Crippen molar-refractivity contribution in [3.05, 3.63) is 115 Å². The maximum absolute atomic E-state index is 5.93. The standard InChI is InChI=1S/C29H25N7O3/c1-19(36(35-34-30)22-9-11-24(12-10-22)39-23-5-3-2-4-6-23)29(20-7-14-27-28(15-20)38-18-37-27)33-21-8-13-25-26(16-21)32-17-31-25/h2-17,29,33H,1,18H2,(H2,30,35)(H,31,32). The Morgan fingerprint density at radius 2 is 1.77 bits per heavy atom. The number of aromatic nitrogens is 2. The van der Waals surface area contributed by atoms with E-state index < -0.39 is 6.04 Å². The Balaban J connectivity index is 1.32. The monoisotopic (exact) mass is 519 g/mol. The molecular formula is C29H25N7O3. The van der Waals surface area contributed by atoms with Crippen LogP contribution in [0.2, 0.25) is 0 Å². The second-order valence-electron chi connectivity index (χ2n) is 8.74. The van der Waals surface area contributed by atoms with Crippen molar-refractivity contribution in [3.8, 4) is 23.0 Å². The molecule has 1 atom stereocenters. The molecule has 1 unspecified atom stereocenters. The number of para-hydroxylation sites is 1. The zero-order chi connectivity index (χ0) is 26.6. The van der Waals surface area contributed by atoms with Crippen molar-refractivity contribution in [2.45, 2.75) is 6.04 Å². The average Bonchev–Trinajstić information content (AvgIpc) is 3.64.